The molecule has 0 amide bonds. The molecule has 0 radical (unpaired) electrons. The number of aryl methyl sites for hydroxylation is 1. The first kappa shape index (κ1) is 12.7. The molecular weight excluding hydrogens is 301 g/mol. The van der Waals surface area contributed by atoms with Crippen LogP contribution in [0, 0.1) is 15.9 Å². The van der Waals surface area contributed by atoms with Gasteiger partial charge in [-0.1, -0.05) is 20.8 Å². The fourth-order valence-electron chi connectivity index (χ4n) is 1.34. The fourth-order valence-corrected chi connectivity index (χ4v) is 1.85. The maximum Gasteiger partial charge on any atom is 0.143 e. The Bertz CT molecular complexity index is 356. The SMILES string of the molecule is CNc1nc(CC(C)(C)C)nc(C)c1I. The van der Waals surface area contributed by atoms with Gasteiger partial charge in [-0.2, -0.15) is 0 Å². The Labute approximate surface area is 105 Å². The van der Waals surface area contributed by atoms with E-state index >= 15 is 0 Å². The van der Waals surface area contributed by atoms with Crippen LogP contribution >= 0.6 is 22.6 Å². The van der Waals surface area contributed by atoms with Crippen molar-refractivity contribution in [3.63, 3.8) is 0 Å². The summed E-state index contributed by atoms with van der Waals surface area (Å²) in [5.41, 5.74) is 1.28. The highest BCUT2D eigenvalue weighted by Gasteiger charge is 2.15. The summed E-state index contributed by atoms with van der Waals surface area (Å²) in [6.07, 6.45) is 0.902. The Kier molecular flexibility index (Phi) is 3.92. The molecule has 1 rings (SSSR count). The minimum Gasteiger partial charge on any atom is -0.372 e. The summed E-state index contributed by atoms with van der Waals surface area (Å²) in [7, 11) is 1.89. The summed E-state index contributed by atoms with van der Waals surface area (Å²) in [4.78, 5) is 9.02. The van der Waals surface area contributed by atoms with Gasteiger partial charge < -0.3 is 5.32 Å². The molecule has 1 aromatic rings. The molecule has 1 heterocycles. The van der Waals surface area contributed by atoms with Crippen LogP contribution in [-0.2, 0) is 6.42 Å². The molecule has 84 valence electrons. The van der Waals surface area contributed by atoms with Gasteiger partial charge in [0.25, 0.3) is 0 Å². The molecule has 15 heavy (non-hydrogen) atoms. The summed E-state index contributed by atoms with van der Waals surface area (Å²) in [5.74, 6) is 1.85. The lowest BCUT2D eigenvalue weighted by Gasteiger charge is -2.18. The highest BCUT2D eigenvalue weighted by atomic mass is 127. The Morgan fingerprint density at radius 3 is 2.33 bits per heavy atom. The summed E-state index contributed by atoms with van der Waals surface area (Å²) < 4.78 is 1.10. The second-order valence-corrected chi connectivity index (χ2v) is 5.95. The van der Waals surface area contributed by atoms with E-state index in [-0.39, 0.29) is 5.41 Å². The number of rotatable bonds is 2. The van der Waals surface area contributed by atoms with Gasteiger partial charge in [-0.25, -0.2) is 9.97 Å². The Hall–Kier alpha value is -0.390. The van der Waals surface area contributed by atoms with Crippen molar-refractivity contribution in [1.29, 1.82) is 0 Å². The number of hydrogen-bond acceptors (Lipinski definition) is 3. The Morgan fingerprint density at radius 1 is 1.27 bits per heavy atom. The molecule has 1 N–H and O–H groups in total. The van der Waals surface area contributed by atoms with Crippen molar-refractivity contribution in [2.75, 3.05) is 12.4 Å². The van der Waals surface area contributed by atoms with Crippen LogP contribution in [0.3, 0.4) is 0 Å². The van der Waals surface area contributed by atoms with Gasteiger partial charge in [-0.05, 0) is 34.9 Å². The summed E-state index contributed by atoms with van der Waals surface area (Å²) in [5, 5.41) is 3.10. The molecule has 0 saturated carbocycles. The Balaban J connectivity index is 3.06. The number of hydrogen-bond donors (Lipinski definition) is 1. The van der Waals surface area contributed by atoms with Crippen LogP contribution in [0.15, 0.2) is 0 Å². The predicted molar refractivity (Wildman–Crippen MR) is 72.2 cm³/mol. The zero-order valence-electron chi connectivity index (χ0n) is 9.98. The molecule has 0 saturated heterocycles. The number of nitrogens with one attached hydrogen (secondary N) is 1. The average Bonchev–Trinajstić information content (AvgIpc) is 2.08. The van der Waals surface area contributed by atoms with Crippen LogP contribution in [-0.4, -0.2) is 17.0 Å². The smallest absolute Gasteiger partial charge is 0.143 e. The highest BCUT2D eigenvalue weighted by molar-refractivity contribution is 14.1. The van der Waals surface area contributed by atoms with Gasteiger partial charge in [0.1, 0.15) is 11.6 Å². The fraction of sp³-hybridized carbons (Fsp3) is 0.636. The van der Waals surface area contributed by atoms with E-state index in [4.69, 9.17) is 0 Å². The molecule has 0 aliphatic rings. The van der Waals surface area contributed by atoms with E-state index in [0.29, 0.717) is 0 Å². The molecule has 3 nitrogen and oxygen atoms in total. The first-order valence-electron chi connectivity index (χ1n) is 5.04. The number of halogens is 1. The van der Waals surface area contributed by atoms with Crippen molar-refractivity contribution < 1.29 is 0 Å². The molecular formula is C11H18IN3. The second-order valence-electron chi connectivity index (χ2n) is 4.88. The van der Waals surface area contributed by atoms with E-state index in [1.165, 1.54) is 0 Å². The van der Waals surface area contributed by atoms with Gasteiger partial charge in [-0.15, -0.1) is 0 Å². The number of aromatic nitrogens is 2. The zero-order valence-corrected chi connectivity index (χ0v) is 12.1. The molecule has 0 aromatic carbocycles. The van der Waals surface area contributed by atoms with Gasteiger partial charge in [0.15, 0.2) is 0 Å². The van der Waals surface area contributed by atoms with E-state index in [1.54, 1.807) is 0 Å². The average molecular weight is 319 g/mol. The lowest BCUT2D eigenvalue weighted by molar-refractivity contribution is 0.400. The van der Waals surface area contributed by atoms with E-state index in [2.05, 4.69) is 58.6 Å². The maximum atomic E-state index is 4.51. The van der Waals surface area contributed by atoms with Crippen molar-refractivity contribution in [3.8, 4) is 0 Å². The van der Waals surface area contributed by atoms with E-state index < -0.39 is 0 Å². The summed E-state index contributed by atoms with van der Waals surface area (Å²) in [6.45, 7) is 8.62. The van der Waals surface area contributed by atoms with Crippen molar-refractivity contribution in [2.45, 2.75) is 34.1 Å². The first-order chi connectivity index (χ1) is 6.83. The van der Waals surface area contributed by atoms with Crippen LogP contribution in [0.2, 0.25) is 0 Å². The zero-order chi connectivity index (χ0) is 11.6. The molecule has 0 atom stereocenters. The third-order valence-corrected chi connectivity index (χ3v) is 3.28. The van der Waals surface area contributed by atoms with Crippen LogP contribution in [0.1, 0.15) is 32.3 Å². The topological polar surface area (TPSA) is 37.8 Å². The molecule has 0 aliphatic carbocycles. The molecule has 0 aliphatic heterocycles. The monoisotopic (exact) mass is 319 g/mol. The van der Waals surface area contributed by atoms with E-state index in [9.17, 15) is 0 Å². The van der Waals surface area contributed by atoms with Crippen molar-refractivity contribution in [2.24, 2.45) is 5.41 Å². The lowest BCUT2D eigenvalue weighted by Crippen LogP contribution is -2.14. The second kappa shape index (κ2) is 4.63. The van der Waals surface area contributed by atoms with Gasteiger partial charge in [0.05, 0.1) is 9.26 Å². The van der Waals surface area contributed by atoms with Gasteiger partial charge in [0, 0.05) is 13.5 Å². The van der Waals surface area contributed by atoms with Crippen LogP contribution < -0.4 is 5.32 Å². The van der Waals surface area contributed by atoms with Gasteiger partial charge >= 0.3 is 0 Å². The minimum atomic E-state index is 0.226. The van der Waals surface area contributed by atoms with E-state index in [0.717, 1.165) is 27.3 Å². The largest absolute Gasteiger partial charge is 0.372 e. The molecule has 0 bridgehead atoms. The van der Waals surface area contributed by atoms with Crippen LogP contribution in [0.4, 0.5) is 5.82 Å². The minimum absolute atomic E-state index is 0.226. The van der Waals surface area contributed by atoms with E-state index in [1.807, 2.05) is 14.0 Å². The third-order valence-electron chi connectivity index (χ3n) is 1.99. The summed E-state index contributed by atoms with van der Waals surface area (Å²) in [6, 6.07) is 0. The molecule has 4 heteroatoms. The van der Waals surface area contributed by atoms with Crippen molar-refractivity contribution in [1.82, 2.24) is 9.97 Å². The molecule has 1 aromatic heterocycles. The first-order valence-corrected chi connectivity index (χ1v) is 6.12. The van der Waals surface area contributed by atoms with Crippen molar-refractivity contribution >= 4 is 28.4 Å². The quantitative estimate of drug-likeness (QED) is 0.852. The van der Waals surface area contributed by atoms with Crippen LogP contribution in [0.25, 0.3) is 0 Å². The van der Waals surface area contributed by atoms with Gasteiger partial charge in [-0.3, -0.25) is 0 Å². The third kappa shape index (κ3) is 3.59. The lowest BCUT2D eigenvalue weighted by atomic mass is 9.92. The number of anilines is 1. The molecule has 0 unspecified atom stereocenters. The van der Waals surface area contributed by atoms with Crippen molar-refractivity contribution in [3.05, 3.63) is 15.1 Å². The predicted octanol–water partition coefficient (Wildman–Crippen LogP) is 3.02. The molecule has 0 spiro atoms. The normalized spacial score (nSPS) is 11.6. The molecule has 0 fully saturated rings. The Morgan fingerprint density at radius 2 is 1.87 bits per heavy atom. The standard InChI is InChI=1S/C11H18IN3/c1-7-9(12)10(13-5)15-8(14-7)6-11(2,3)4/h6H2,1-5H3,(H,13,14,15). The number of nitrogens with zero attached hydrogens (tertiary/aromatic N) is 2. The maximum absolute atomic E-state index is 4.51. The van der Waals surface area contributed by atoms with Gasteiger partial charge in [0.2, 0.25) is 0 Å². The van der Waals surface area contributed by atoms with Crippen LogP contribution in [0.5, 0.6) is 0 Å². The summed E-state index contributed by atoms with van der Waals surface area (Å²) >= 11 is 2.27. The highest BCUT2D eigenvalue weighted by Crippen LogP contribution is 2.22.